The first-order chi connectivity index (χ1) is 12.4. The normalized spacial score (nSPS) is 15.1. The number of benzene rings is 1. The lowest BCUT2D eigenvalue weighted by Gasteiger charge is -2.20. The maximum atomic E-state index is 13.0. The van der Waals surface area contributed by atoms with E-state index in [4.69, 9.17) is 27.9 Å². The minimum absolute atomic E-state index is 0.124. The highest BCUT2D eigenvalue weighted by Crippen LogP contribution is 2.31. The van der Waals surface area contributed by atoms with Gasteiger partial charge in [-0.25, -0.2) is 4.68 Å². The third kappa shape index (κ3) is 3.79. The fraction of sp³-hybridized carbons (Fsp3) is 0.421. The lowest BCUT2D eigenvalue weighted by atomic mass is 9.89. The summed E-state index contributed by atoms with van der Waals surface area (Å²) in [6, 6.07) is 4.67. The Bertz CT molecular complexity index is 855. The van der Waals surface area contributed by atoms with Gasteiger partial charge >= 0.3 is 5.97 Å². The highest BCUT2D eigenvalue weighted by molar-refractivity contribution is 6.37. The molecule has 1 aromatic carbocycles. The molecule has 26 heavy (non-hydrogen) atoms. The number of ether oxygens (including phenoxy) is 1. The molecule has 0 atom stereocenters. The second-order valence-corrected chi connectivity index (χ2v) is 7.44. The molecule has 0 radical (unpaired) electrons. The Labute approximate surface area is 162 Å². The molecule has 1 aliphatic carbocycles. The van der Waals surface area contributed by atoms with Gasteiger partial charge in [0.2, 0.25) is 11.7 Å². The molecule has 1 fully saturated rings. The lowest BCUT2D eigenvalue weighted by Crippen LogP contribution is -2.24. The van der Waals surface area contributed by atoms with Crippen molar-refractivity contribution in [2.24, 2.45) is 13.0 Å². The van der Waals surface area contributed by atoms with Crippen LogP contribution in [0.5, 0.6) is 5.88 Å². The number of hydrogen-bond donors (Lipinski definition) is 0. The van der Waals surface area contributed by atoms with Crippen LogP contribution < -0.4 is 4.74 Å². The Kier molecular flexibility index (Phi) is 5.68. The van der Waals surface area contributed by atoms with Crippen molar-refractivity contribution in [3.63, 3.8) is 0 Å². The van der Waals surface area contributed by atoms with Crippen LogP contribution in [0.1, 0.15) is 53.7 Å². The molecule has 0 spiro atoms. The van der Waals surface area contributed by atoms with Gasteiger partial charge in [0.25, 0.3) is 0 Å². The zero-order valence-corrected chi connectivity index (χ0v) is 16.2. The molecule has 5 nitrogen and oxygen atoms in total. The lowest BCUT2D eigenvalue weighted by molar-refractivity contribution is -0.140. The number of hydrogen-bond acceptors (Lipinski definition) is 4. The van der Waals surface area contributed by atoms with Gasteiger partial charge in [0, 0.05) is 17.6 Å². The summed E-state index contributed by atoms with van der Waals surface area (Å²) >= 11 is 12.1. The molecular formula is C19H20Cl2N2O3. The molecular weight excluding hydrogens is 375 g/mol. The van der Waals surface area contributed by atoms with Crippen molar-refractivity contribution in [2.75, 3.05) is 0 Å². The molecule has 1 aromatic heterocycles. The molecule has 1 saturated carbocycles. The molecule has 0 bridgehead atoms. The largest absolute Gasteiger partial charge is 0.407 e. The van der Waals surface area contributed by atoms with E-state index in [1.54, 1.807) is 26.1 Å². The van der Waals surface area contributed by atoms with Crippen LogP contribution in [0.15, 0.2) is 18.2 Å². The summed E-state index contributed by atoms with van der Waals surface area (Å²) in [4.78, 5) is 25.6. The minimum Gasteiger partial charge on any atom is -0.407 e. The van der Waals surface area contributed by atoms with Gasteiger partial charge in [-0.15, -0.1) is 0 Å². The van der Waals surface area contributed by atoms with Gasteiger partial charge in [-0.05, 0) is 38.0 Å². The standard InChI is InChI=1S/C19H20Cl2N2O3/c1-11-16(17(24)14-9-8-13(20)10-15(14)21)18(23(2)22-11)26-19(25)12-6-4-3-5-7-12/h8-10,12H,3-7H2,1-2H3. The molecule has 0 amide bonds. The number of aryl methyl sites for hydroxylation is 2. The third-order valence-corrected chi connectivity index (χ3v) is 5.26. The van der Waals surface area contributed by atoms with E-state index in [1.807, 2.05) is 0 Å². The zero-order chi connectivity index (χ0) is 18.8. The van der Waals surface area contributed by atoms with Crippen molar-refractivity contribution in [3.05, 3.63) is 45.1 Å². The summed E-state index contributed by atoms with van der Waals surface area (Å²) in [6.45, 7) is 1.70. The fourth-order valence-corrected chi connectivity index (χ4v) is 3.83. The first-order valence-corrected chi connectivity index (χ1v) is 9.39. The van der Waals surface area contributed by atoms with Crippen molar-refractivity contribution < 1.29 is 14.3 Å². The Hall–Kier alpha value is -1.85. The molecule has 0 saturated heterocycles. The average Bonchev–Trinajstić information content (AvgIpc) is 2.88. The SMILES string of the molecule is Cc1nn(C)c(OC(=O)C2CCCCC2)c1C(=O)c1ccc(Cl)cc1Cl. The molecule has 1 aliphatic rings. The molecule has 2 aromatic rings. The van der Waals surface area contributed by atoms with Crippen LogP contribution in [0.4, 0.5) is 0 Å². The Morgan fingerprint density at radius 1 is 1.19 bits per heavy atom. The van der Waals surface area contributed by atoms with Crippen LogP contribution in [0, 0.1) is 12.8 Å². The van der Waals surface area contributed by atoms with Crippen LogP contribution in [0.2, 0.25) is 10.0 Å². The molecule has 0 N–H and O–H groups in total. The van der Waals surface area contributed by atoms with E-state index in [-0.39, 0.29) is 34.1 Å². The van der Waals surface area contributed by atoms with Gasteiger partial charge in [-0.2, -0.15) is 5.10 Å². The topological polar surface area (TPSA) is 61.2 Å². The second-order valence-electron chi connectivity index (χ2n) is 6.60. The predicted molar refractivity (Wildman–Crippen MR) is 100 cm³/mol. The van der Waals surface area contributed by atoms with E-state index in [1.165, 1.54) is 10.7 Å². The summed E-state index contributed by atoms with van der Waals surface area (Å²) in [5.41, 5.74) is 1.03. The quantitative estimate of drug-likeness (QED) is 0.554. The summed E-state index contributed by atoms with van der Waals surface area (Å²) in [5.74, 6) is -0.609. The maximum Gasteiger partial charge on any atom is 0.315 e. The Morgan fingerprint density at radius 2 is 1.88 bits per heavy atom. The number of esters is 1. The second kappa shape index (κ2) is 7.80. The van der Waals surface area contributed by atoms with Crippen LogP contribution in [-0.4, -0.2) is 21.5 Å². The van der Waals surface area contributed by atoms with Crippen LogP contribution in [0.3, 0.4) is 0 Å². The molecule has 0 aliphatic heterocycles. The first kappa shape index (κ1) is 18.9. The van der Waals surface area contributed by atoms with Gasteiger partial charge in [0.1, 0.15) is 5.56 Å². The number of ketones is 1. The summed E-state index contributed by atoms with van der Waals surface area (Å²) in [5, 5.41) is 4.94. The van der Waals surface area contributed by atoms with Crippen molar-refractivity contribution in [2.45, 2.75) is 39.0 Å². The van der Waals surface area contributed by atoms with Gasteiger partial charge < -0.3 is 4.74 Å². The van der Waals surface area contributed by atoms with E-state index in [2.05, 4.69) is 5.10 Å². The van der Waals surface area contributed by atoms with Crippen LogP contribution in [0.25, 0.3) is 0 Å². The molecule has 1 heterocycles. The smallest absolute Gasteiger partial charge is 0.315 e. The van der Waals surface area contributed by atoms with E-state index >= 15 is 0 Å². The molecule has 3 rings (SSSR count). The number of carbonyl (C=O) groups is 2. The molecule has 0 unspecified atom stereocenters. The fourth-order valence-electron chi connectivity index (χ4n) is 3.34. The third-order valence-electron chi connectivity index (χ3n) is 4.71. The van der Waals surface area contributed by atoms with Gasteiger partial charge in [0.05, 0.1) is 16.6 Å². The van der Waals surface area contributed by atoms with E-state index in [0.717, 1.165) is 32.1 Å². The van der Waals surface area contributed by atoms with E-state index in [9.17, 15) is 9.59 Å². The predicted octanol–water partition coefficient (Wildman–Crippen LogP) is 4.75. The Balaban J connectivity index is 1.92. The van der Waals surface area contributed by atoms with Gasteiger partial charge in [0.15, 0.2) is 0 Å². The van der Waals surface area contributed by atoms with Crippen molar-refractivity contribution in [1.82, 2.24) is 9.78 Å². The number of halogens is 2. The minimum atomic E-state index is -0.344. The number of nitrogens with zero attached hydrogens (tertiary/aromatic N) is 2. The highest BCUT2D eigenvalue weighted by Gasteiger charge is 2.29. The van der Waals surface area contributed by atoms with Crippen molar-refractivity contribution in [1.29, 1.82) is 0 Å². The van der Waals surface area contributed by atoms with Gasteiger partial charge in [-0.1, -0.05) is 42.5 Å². The zero-order valence-electron chi connectivity index (χ0n) is 14.7. The monoisotopic (exact) mass is 394 g/mol. The van der Waals surface area contributed by atoms with E-state index in [0.29, 0.717) is 16.3 Å². The summed E-state index contributed by atoms with van der Waals surface area (Å²) in [6.07, 6.45) is 4.84. The number of rotatable bonds is 4. The highest BCUT2D eigenvalue weighted by atomic mass is 35.5. The number of carbonyl (C=O) groups excluding carboxylic acids is 2. The van der Waals surface area contributed by atoms with Crippen molar-refractivity contribution in [3.8, 4) is 5.88 Å². The van der Waals surface area contributed by atoms with Crippen LogP contribution >= 0.6 is 23.2 Å². The maximum absolute atomic E-state index is 13.0. The number of aromatic nitrogens is 2. The molecule has 138 valence electrons. The summed E-state index contributed by atoms with van der Waals surface area (Å²) in [7, 11) is 1.65. The average molecular weight is 395 g/mol. The van der Waals surface area contributed by atoms with E-state index < -0.39 is 0 Å². The van der Waals surface area contributed by atoms with Crippen LogP contribution in [-0.2, 0) is 11.8 Å². The summed E-state index contributed by atoms with van der Waals surface area (Å²) < 4.78 is 7.04. The first-order valence-electron chi connectivity index (χ1n) is 8.63. The van der Waals surface area contributed by atoms with Crippen molar-refractivity contribution >= 4 is 35.0 Å². The molecule has 7 heteroatoms. The Morgan fingerprint density at radius 3 is 2.54 bits per heavy atom. The van der Waals surface area contributed by atoms with Gasteiger partial charge in [-0.3, -0.25) is 9.59 Å².